The average Bonchev–Trinajstić information content (AvgIpc) is 3.47. The molecule has 0 aromatic rings. The lowest BCUT2D eigenvalue weighted by atomic mass is 9.87. The molecule has 14 heteroatoms. The summed E-state index contributed by atoms with van der Waals surface area (Å²) in [6.07, 6.45) is 30.3. The summed E-state index contributed by atoms with van der Waals surface area (Å²) in [6, 6.07) is 0. The first-order valence-electron chi connectivity index (χ1n) is 21.9. The van der Waals surface area contributed by atoms with E-state index in [9.17, 15) is 39.2 Å². The van der Waals surface area contributed by atoms with Crippen LogP contribution in [0.3, 0.4) is 0 Å². The van der Waals surface area contributed by atoms with Crippen LogP contribution in [-0.2, 0) is 37.5 Å². The fraction of sp³-hybridized carbons (Fsp3) is 0.711. The largest absolute Gasteiger partial charge is 0.472 e. The summed E-state index contributed by atoms with van der Waals surface area (Å²) in [5, 5.41) is 31.3. The van der Waals surface area contributed by atoms with Crippen molar-refractivity contribution in [3.63, 3.8) is 0 Å². The third-order valence-corrected chi connectivity index (χ3v) is 10.9. The van der Waals surface area contributed by atoms with Crippen molar-refractivity contribution >= 4 is 25.5 Å². The molecular formula is C45H76NO12P. The van der Waals surface area contributed by atoms with Gasteiger partial charge in [-0.3, -0.25) is 23.4 Å². The molecule has 59 heavy (non-hydrogen) atoms. The van der Waals surface area contributed by atoms with Crippen molar-refractivity contribution in [2.24, 2.45) is 17.6 Å². The van der Waals surface area contributed by atoms with E-state index in [1.165, 1.54) is 0 Å². The number of aliphatic hydroxyl groups is 3. The Hall–Kier alpha value is -2.74. The number of ketones is 1. The highest BCUT2D eigenvalue weighted by molar-refractivity contribution is 7.47. The van der Waals surface area contributed by atoms with Gasteiger partial charge in [-0.05, 0) is 64.2 Å². The second-order valence-corrected chi connectivity index (χ2v) is 16.6. The number of allylic oxidation sites excluding steroid dienone is 8. The van der Waals surface area contributed by atoms with Crippen LogP contribution in [0.15, 0.2) is 60.8 Å². The first-order valence-corrected chi connectivity index (χ1v) is 23.4. The van der Waals surface area contributed by atoms with E-state index in [0.717, 1.165) is 70.6 Å². The first-order chi connectivity index (χ1) is 28.4. The zero-order valence-corrected chi connectivity index (χ0v) is 36.7. The van der Waals surface area contributed by atoms with Gasteiger partial charge in [0.2, 0.25) is 0 Å². The number of phosphoric acid groups is 1. The van der Waals surface area contributed by atoms with Crippen LogP contribution in [0.25, 0.3) is 0 Å². The molecule has 338 valence electrons. The number of carbonyl (C=O) groups excluding carboxylic acids is 3. The second-order valence-electron chi connectivity index (χ2n) is 15.1. The lowest BCUT2D eigenvalue weighted by molar-refractivity contribution is -0.161. The minimum Gasteiger partial charge on any atom is -0.462 e. The van der Waals surface area contributed by atoms with Gasteiger partial charge in [0.05, 0.1) is 31.5 Å². The summed E-state index contributed by atoms with van der Waals surface area (Å²) in [6.45, 7) is 3.03. The van der Waals surface area contributed by atoms with Crippen molar-refractivity contribution < 1.29 is 57.7 Å². The van der Waals surface area contributed by atoms with Gasteiger partial charge in [0.1, 0.15) is 12.4 Å². The third-order valence-electron chi connectivity index (χ3n) is 9.87. The van der Waals surface area contributed by atoms with Crippen LogP contribution in [0.1, 0.15) is 142 Å². The number of carbonyl (C=O) groups is 3. The molecule has 0 aliphatic heterocycles. The van der Waals surface area contributed by atoms with Crippen molar-refractivity contribution in [1.29, 1.82) is 0 Å². The first kappa shape index (κ1) is 54.3. The molecule has 0 aromatic carbocycles. The molecule has 6 N–H and O–H groups in total. The van der Waals surface area contributed by atoms with E-state index in [0.29, 0.717) is 25.7 Å². The number of unbranched alkanes of at least 4 members (excludes halogenated alkanes) is 7. The Morgan fingerprint density at radius 3 is 2.07 bits per heavy atom. The predicted octanol–water partition coefficient (Wildman–Crippen LogP) is 8.05. The van der Waals surface area contributed by atoms with Crippen molar-refractivity contribution in [2.45, 2.75) is 167 Å². The van der Waals surface area contributed by atoms with E-state index >= 15 is 0 Å². The van der Waals surface area contributed by atoms with Gasteiger partial charge in [-0.1, -0.05) is 107 Å². The highest BCUT2D eigenvalue weighted by Gasteiger charge is 2.41. The standard InChI is InChI=1S/C45H76NO12P/c1-3-5-7-8-9-10-11-12-13-14-15-16-17-18-19-20-22-27-44(51)55-35-39(36-57-59(53,54)56-32-31-46)58-45(52)28-24-23-26-38(48)33-41-40(42(49)34-43(41)50)30-29-37(47)25-21-6-4-2/h5,7,9-10,12-13,15-16,29-30,37,39-43,47,49-50H,3-4,6,8,11,14,17-28,31-36,46H2,1-2H3,(H,53,54)/b7-5-,10-9-,13-12-,16-15-,30-29+/t37-,39+,40+,41+,42+,43-/m0/s1. The zero-order valence-electron chi connectivity index (χ0n) is 35.8. The molecule has 1 unspecified atom stereocenters. The Labute approximate surface area is 353 Å². The van der Waals surface area contributed by atoms with Gasteiger partial charge in [0, 0.05) is 50.5 Å². The van der Waals surface area contributed by atoms with Gasteiger partial charge in [0.15, 0.2) is 6.10 Å². The number of hydrogen-bond acceptors (Lipinski definition) is 12. The maximum absolute atomic E-state index is 12.8. The monoisotopic (exact) mass is 854 g/mol. The Kier molecular flexibility index (Phi) is 32.1. The molecular weight excluding hydrogens is 777 g/mol. The number of phosphoric ester groups is 1. The van der Waals surface area contributed by atoms with Crippen LogP contribution < -0.4 is 5.73 Å². The number of ether oxygens (including phenoxy) is 2. The number of rotatable bonds is 36. The summed E-state index contributed by atoms with van der Waals surface area (Å²) < 4.78 is 32.6. The molecule has 1 saturated carbocycles. The minimum absolute atomic E-state index is 0.0129. The van der Waals surface area contributed by atoms with Crippen LogP contribution in [-0.4, -0.2) is 88.7 Å². The van der Waals surface area contributed by atoms with E-state index in [-0.39, 0.29) is 57.6 Å². The molecule has 0 spiro atoms. The number of aliphatic hydroxyl groups excluding tert-OH is 3. The van der Waals surface area contributed by atoms with Crippen LogP contribution in [0.5, 0.6) is 0 Å². The van der Waals surface area contributed by atoms with E-state index < -0.39 is 62.6 Å². The SMILES string of the molecule is CC/C=C\C/C=C\C/C=C\C/C=C\CCCCCCC(=O)OC[C@H](COP(=O)(O)OCCN)OC(=O)CCCCC(=O)C[C@@H]1[C@@H](/C=C/[C@@H](O)CCCCC)[C@H](O)C[C@@H]1O. The summed E-state index contributed by atoms with van der Waals surface area (Å²) in [7, 11) is -4.49. The van der Waals surface area contributed by atoms with Crippen LogP contribution >= 0.6 is 7.82 Å². The molecule has 1 aliphatic carbocycles. The normalized spacial score (nSPS) is 20.7. The van der Waals surface area contributed by atoms with Gasteiger partial charge in [-0.2, -0.15) is 0 Å². The van der Waals surface area contributed by atoms with E-state index in [1.54, 1.807) is 12.2 Å². The highest BCUT2D eigenvalue weighted by Crippen LogP contribution is 2.43. The number of esters is 2. The second kappa shape index (κ2) is 34.9. The Bertz CT molecular complexity index is 1330. The van der Waals surface area contributed by atoms with Crippen LogP contribution in [0.4, 0.5) is 0 Å². The Morgan fingerprint density at radius 1 is 0.763 bits per heavy atom. The van der Waals surface area contributed by atoms with E-state index in [1.807, 2.05) is 0 Å². The third kappa shape index (κ3) is 29.2. The lowest BCUT2D eigenvalue weighted by Crippen LogP contribution is -2.29. The van der Waals surface area contributed by atoms with Gasteiger partial charge in [-0.15, -0.1) is 0 Å². The predicted molar refractivity (Wildman–Crippen MR) is 231 cm³/mol. The average molecular weight is 854 g/mol. The zero-order chi connectivity index (χ0) is 43.6. The summed E-state index contributed by atoms with van der Waals surface area (Å²) >= 11 is 0. The van der Waals surface area contributed by atoms with Crippen molar-refractivity contribution in [2.75, 3.05) is 26.4 Å². The minimum atomic E-state index is -4.49. The molecule has 0 bridgehead atoms. The molecule has 0 saturated heterocycles. The molecule has 0 radical (unpaired) electrons. The van der Waals surface area contributed by atoms with Gasteiger partial charge in [0.25, 0.3) is 0 Å². The number of nitrogens with two attached hydrogens (primary N) is 1. The van der Waals surface area contributed by atoms with E-state index in [4.69, 9.17) is 24.3 Å². The number of Topliss-reactive ketones (excluding diaryl/α,β-unsaturated/α-hetero) is 1. The summed E-state index contributed by atoms with van der Waals surface area (Å²) in [5.74, 6) is -2.18. The molecule has 1 aliphatic rings. The van der Waals surface area contributed by atoms with Crippen molar-refractivity contribution in [3.8, 4) is 0 Å². The maximum atomic E-state index is 12.8. The van der Waals surface area contributed by atoms with Gasteiger partial charge in [-0.25, -0.2) is 4.57 Å². The lowest BCUT2D eigenvalue weighted by Gasteiger charge is -2.20. The van der Waals surface area contributed by atoms with Gasteiger partial charge >= 0.3 is 19.8 Å². The van der Waals surface area contributed by atoms with Crippen LogP contribution in [0, 0.1) is 11.8 Å². The number of hydrogen-bond donors (Lipinski definition) is 5. The molecule has 1 rings (SSSR count). The Morgan fingerprint density at radius 2 is 1.39 bits per heavy atom. The van der Waals surface area contributed by atoms with Crippen molar-refractivity contribution in [3.05, 3.63) is 60.8 Å². The smallest absolute Gasteiger partial charge is 0.462 e. The fourth-order valence-corrected chi connectivity index (χ4v) is 7.33. The topological polar surface area (TPSA) is 212 Å². The summed E-state index contributed by atoms with van der Waals surface area (Å²) in [4.78, 5) is 47.9. The summed E-state index contributed by atoms with van der Waals surface area (Å²) in [5.41, 5.74) is 5.33. The molecule has 13 nitrogen and oxygen atoms in total. The molecule has 0 aromatic heterocycles. The maximum Gasteiger partial charge on any atom is 0.472 e. The molecule has 7 atom stereocenters. The van der Waals surface area contributed by atoms with Gasteiger partial charge < -0.3 is 35.4 Å². The molecule has 1 fully saturated rings. The quantitative estimate of drug-likeness (QED) is 0.0175. The van der Waals surface area contributed by atoms with E-state index in [2.05, 4.69) is 62.5 Å². The molecule has 0 heterocycles. The highest BCUT2D eigenvalue weighted by atomic mass is 31.2. The fourth-order valence-electron chi connectivity index (χ4n) is 6.56. The molecule has 0 amide bonds. The van der Waals surface area contributed by atoms with Crippen LogP contribution in [0.2, 0.25) is 0 Å². The Balaban J connectivity index is 2.45. The van der Waals surface area contributed by atoms with Crippen molar-refractivity contribution in [1.82, 2.24) is 0 Å².